The summed E-state index contributed by atoms with van der Waals surface area (Å²) < 4.78 is 10.2. The van der Waals surface area contributed by atoms with E-state index < -0.39 is 0 Å². The van der Waals surface area contributed by atoms with Crippen LogP contribution in [0.3, 0.4) is 0 Å². The zero-order chi connectivity index (χ0) is 13.4. The first-order valence-corrected chi connectivity index (χ1v) is 6.29. The highest BCUT2D eigenvalue weighted by atomic mass is 35.5. The summed E-state index contributed by atoms with van der Waals surface area (Å²) in [6, 6.07) is 5.52. The number of halogens is 1. The predicted molar refractivity (Wildman–Crippen MR) is 72.1 cm³/mol. The summed E-state index contributed by atoms with van der Waals surface area (Å²) in [6.45, 7) is 4.50. The van der Waals surface area contributed by atoms with Crippen LogP contribution < -0.4 is 4.74 Å². The minimum Gasteiger partial charge on any atom is -0.490 e. The van der Waals surface area contributed by atoms with Crippen molar-refractivity contribution in [2.24, 2.45) is 0 Å². The lowest BCUT2D eigenvalue weighted by molar-refractivity contribution is -0.137. The molecule has 0 saturated carbocycles. The molecule has 3 nitrogen and oxygen atoms in total. The van der Waals surface area contributed by atoms with E-state index in [-0.39, 0.29) is 5.97 Å². The van der Waals surface area contributed by atoms with Crippen molar-refractivity contribution in [2.75, 3.05) is 13.2 Å². The van der Waals surface area contributed by atoms with Crippen LogP contribution >= 0.6 is 11.6 Å². The Morgan fingerprint density at radius 2 is 2.17 bits per heavy atom. The van der Waals surface area contributed by atoms with Gasteiger partial charge in [-0.05, 0) is 43.2 Å². The first-order chi connectivity index (χ1) is 8.67. The molecule has 1 aromatic carbocycles. The van der Waals surface area contributed by atoms with Crippen LogP contribution in [0, 0.1) is 0 Å². The van der Waals surface area contributed by atoms with E-state index in [0.717, 1.165) is 22.8 Å². The number of aryl methyl sites for hydroxylation is 1. The van der Waals surface area contributed by atoms with E-state index in [1.807, 2.05) is 19.1 Å². The minimum absolute atomic E-state index is 0.323. The van der Waals surface area contributed by atoms with Crippen molar-refractivity contribution in [3.05, 3.63) is 40.9 Å². The molecule has 0 fully saturated rings. The molecule has 0 aliphatic carbocycles. The van der Waals surface area contributed by atoms with Crippen LogP contribution in [0.4, 0.5) is 0 Å². The summed E-state index contributed by atoms with van der Waals surface area (Å²) in [5.74, 6) is 0.385. The molecule has 0 N–H and O–H groups in total. The Bertz CT molecular complexity index is 427. The van der Waals surface area contributed by atoms with E-state index in [2.05, 4.69) is 0 Å². The van der Waals surface area contributed by atoms with Crippen LogP contribution in [-0.4, -0.2) is 19.2 Å². The Hall–Kier alpha value is -1.48. The Labute approximate surface area is 112 Å². The molecule has 0 saturated heterocycles. The fourth-order valence-electron chi connectivity index (χ4n) is 1.39. The summed E-state index contributed by atoms with van der Waals surface area (Å²) in [4.78, 5) is 11.0. The van der Waals surface area contributed by atoms with Gasteiger partial charge in [0, 0.05) is 11.1 Å². The number of benzene rings is 1. The third-order valence-corrected chi connectivity index (χ3v) is 2.65. The van der Waals surface area contributed by atoms with Crippen LogP contribution in [0.25, 0.3) is 0 Å². The first kappa shape index (κ1) is 14.6. The maximum Gasteiger partial charge on any atom is 0.330 e. The maximum atomic E-state index is 11.0. The summed E-state index contributed by atoms with van der Waals surface area (Å²) in [7, 11) is 0. The molecule has 1 aromatic rings. The van der Waals surface area contributed by atoms with Gasteiger partial charge in [-0.2, -0.15) is 0 Å². The van der Waals surface area contributed by atoms with Crippen LogP contribution in [0.2, 0.25) is 5.02 Å². The first-order valence-electron chi connectivity index (χ1n) is 5.91. The van der Waals surface area contributed by atoms with E-state index in [1.165, 1.54) is 6.08 Å². The second-order valence-electron chi connectivity index (χ2n) is 3.57. The van der Waals surface area contributed by atoms with Crippen molar-refractivity contribution in [1.29, 1.82) is 0 Å². The lowest BCUT2D eigenvalue weighted by Gasteiger charge is -2.06. The van der Waals surface area contributed by atoms with Crippen molar-refractivity contribution >= 4 is 17.6 Å². The van der Waals surface area contributed by atoms with Gasteiger partial charge in [-0.15, -0.1) is 0 Å². The Morgan fingerprint density at radius 3 is 2.83 bits per heavy atom. The minimum atomic E-state index is -0.355. The SMILES string of the molecule is CCOC(=O)/C=C/COc1ccc(Cl)c(CC)c1. The molecule has 1 rings (SSSR count). The second kappa shape index (κ2) is 7.77. The number of carbonyl (C=O) groups excluding carboxylic acids is 1. The zero-order valence-electron chi connectivity index (χ0n) is 10.6. The van der Waals surface area contributed by atoms with Crippen molar-refractivity contribution < 1.29 is 14.3 Å². The number of ether oxygens (including phenoxy) is 2. The fraction of sp³-hybridized carbons (Fsp3) is 0.357. The molecular weight excluding hydrogens is 252 g/mol. The van der Waals surface area contributed by atoms with Crippen molar-refractivity contribution in [3.8, 4) is 5.75 Å². The molecule has 0 spiro atoms. The summed E-state index contributed by atoms with van der Waals surface area (Å²) >= 11 is 6.00. The molecular formula is C14H17ClO3. The third kappa shape index (κ3) is 4.80. The van der Waals surface area contributed by atoms with Gasteiger partial charge < -0.3 is 9.47 Å². The quantitative estimate of drug-likeness (QED) is 0.586. The van der Waals surface area contributed by atoms with E-state index >= 15 is 0 Å². The number of esters is 1. The van der Waals surface area contributed by atoms with Gasteiger partial charge in [0.05, 0.1) is 6.61 Å². The normalized spacial score (nSPS) is 10.6. The number of hydrogen-bond acceptors (Lipinski definition) is 3. The smallest absolute Gasteiger partial charge is 0.330 e. The molecule has 0 amide bonds. The van der Waals surface area contributed by atoms with Gasteiger partial charge in [0.25, 0.3) is 0 Å². The fourth-order valence-corrected chi connectivity index (χ4v) is 1.64. The summed E-state index contributed by atoms with van der Waals surface area (Å²) in [5, 5.41) is 0.743. The van der Waals surface area contributed by atoms with Gasteiger partial charge in [0.15, 0.2) is 0 Å². The topological polar surface area (TPSA) is 35.5 Å². The molecule has 0 unspecified atom stereocenters. The molecule has 0 heterocycles. The Kier molecular flexibility index (Phi) is 6.29. The van der Waals surface area contributed by atoms with Crippen LogP contribution in [0.1, 0.15) is 19.4 Å². The second-order valence-corrected chi connectivity index (χ2v) is 3.98. The highest BCUT2D eigenvalue weighted by molar-refractivity contribution is 6.31. The highest BCUT2D eigenvalue weighted by Crippen LogP contribution is 2.22. The van der Waals surface area contributed by atoms with Gasteiger partial charge in [-0.25, -0.2) is 4.79 Å². The average Bonchev–Trinajstić information content (AvgIpc) is 2.37. The van der Waals surface area contributed by atoms with Gasteiger partial charge in [-0.3, -0.25) is 0 Å². The molecule has 0 aromatic heterocycles. The third-order valence-electron chi connectivity index (χ3n) is 2.28. The van der Waals surface area contributed by atoms with Gasteiger partial charge >= 0.3 is 5.97 Å². The van der Waals surface area contributed by atoms with Crippen molar-refractivity contribution in [3.63, 3.8) is 0 Å². The molecule has 0 atom stereocenters. The van der Waals surface area contributed by atoms with E-state index in [1.54, 1.807) is 19.1 Å². The lowest BCUT2D eigenvalue weighted by atomic mass is 10.1. The van der Waals surface area contributed by atoms with E-state index in [0.29, 0.717) is 13.2 Å². The van der Waals surface area contributed by atoms with Crippen LogP contribution in [0.5, 0.6) is 5.75 Å². The van der Waals surface area contributed by atoms with Gasteiger partial charge in [-0.1, -0.05) is 18.5 Å². The number of rotatable bonds is 6. The molecule has 18 heavy (non-hydrogen) atoms. The van der Waals surface area contributed by atoms with E-state index in [4.69, 9.17) is 21.1 Å². The van der Waals surface area contributed by atoms with Gasteiger partial charge in [0.1, 0.15) is 12.4 Å². The summed E-state index contributed by atoms with van der Waals surface area (Å²) in [6.07, 6.45) is 3.84. The maximum absolute atomic E-state index is 11.0. The summed E-state index contributed by atoms with van der Waals surface area (Å²) in [5.41, 5.74) is 1.04. The standard InChI is InChI=1S/C14H17ClO3/c1-3-11-10-12(7-8-13(11)15)18-9-5-6-14(16)17-4-2/h5-8,10H,3-4,9H2,1-2H3/b6-5+. The number of hydrogen-bond donors (Lipinski definition) is 0. The molecule has 4 heteroatoms. The Morgan fingerprint density at radius 1 is 1.39 bits per heavy atom. The molecule has 0 aliphatic rings. The molecule has 98 valence electrons. The van der Waals surface area contributed by atoms with Crippen molar-refractivity contribution in [2.45, 2.75) is 20.3 Å². The Balaban J connectivity index is 2.46. The largest absolute Gasteiger partial charge is 0.490 e. The number of carbonyl (C=O) groups is 1. The highest BCUT2D eigenvalue weighted by Gasteiger charge is 2.00. The van der Waals surface area contributed by atoms with E-state index in [9.17, 15) is 4.79 Å². The average molecular weight is 269 g/mol. The van der Waals surface area contributed by atoms with Gasteiger partial charge in [0.2, 0.25) is 0 Å². The zero-order valence-corrected chi connectivity index (χ0v) is 11.4. The monoisotopic (exact) mass is 268 g/mol. The van der Waals surface area contributed by atoms with Crippen LogP contribution in [-0.2, 0) is 16.0 Å². The molecule has 0 bridgehead atoms. The van der Waals surface area contributed by atoms with Crippen molar-refractivity contribution in [1.82, 2.24) is 0 Å². The lowest BCUT2D eigenvalue weighted by Crippen LogP contribution is -2.01. The predicted octanol–water partition coefficient (Wildman–Crippen LogP) is 3.40. The molecule has 0 aliphatic heterocycles. The molecule has 0 radical (unpaired) electrons. The van der Waals surface area contributed by atoms with Crippen LogP contribution in [0.15, 0.2) is 30.4 Å².